The van der Waals surface area contributed by atoms with Crippen LogP contribution < -0.4 is 5.32 Å². The Labute approximate surface area is 90.0 Å². The van der Waals surface area contributed by atoms with Crippen LogP contribution in [0.1, 0.15) is 34.6 Å². The second-order valence-corrected chi connectivity index (χ2v) is 6.62. The van der Waals surface area contributed by atoms with Crippen molar-refractivity contribution in [2.45, 2.75) is 39.4 Å². The van der Waals surface area contributed by atoms with Crippen LogP contribution in [-0.4, -0.2) is 17.2 Å². The lowest BCUT2D eigenvalue weighted by molar-refractivity contribution is -0.128. The van der Waals surface area contributed by atoms with Gasteiger partial charge in [0, 0.05) is 16.7 Å². The lowest BCUT2D eigenvalue weighted by atomic mass is 9.95. The summed E-state index contributed by atoms with van der Waals surface area (Å²) in [7, 11) is 1.46. The van der Waals surface area contributed by atoms with Crippen LogP contribution in [0.25, 0.3) is 0 Å². The van der Waals surface area contributed by atoms with Gasteiger partial charge in [0.15, 0.2) is 0 Å². The second kappa shape index (κ2) is 4.60. The van der Waals surface area contributed by atoms with Crippen LogP contribution in [0.15, 0.2) is 0 Å². The summed E-state index contributed by atoms with van der Waals surface area (Å²) in [6.07, 6.45) is 0. The van der Waals surface area contributed by atoms with Gasteiger partial charge in [0.25, 0.3) is 0 Å². The molecule has 0 aromatic carbocycles. The van der Waals surface area contributed by atoms with Crippen LogP contribution in [-0.2, 0) is 4.79 Å². The summed E-state index contributed by atoms with van der Waals surface area (Å²) in [6, 6.07) is 0. The van der Waals surface area contributed by atoms with E-state index in [4.69, 9.17) is 0 Å². The Morgan fingerprint density at radius 1 is 1.31 bits per heavy atom. The van der Waals surface area contributed by atoms with Gasteiger partial charge >= 0.3 is 0 Å². The number of rotatable bonds is 3. The van der Waals surface area contributed by atoms with E-state index in [0.717, 1.165) is 0 Å². The molecule has 0 bridgehead atoms. The molecule has 0 saturated heterocycles. The lowest BCUT2D eigenvalue weighted by Gasteiger charge is -2.24. The first-order chi connectivity index (χ1) is 5.69. The van der Waals surface area contributed by atoms with Gasteiger partial charge in [0.1, 0.15) is 0 Å². The van der Waals surface area contributed by atoms with Crippen LogP contribution in [0.4, 0.5) is 0 Å². The van der Waals surface area contributed by atoms with Crippen molar-refractivity contribution in [3.63, 3.8) is 0 Å². The van der Waals surface area contributed by atoms with Crippen LogP contribution in [0.3, 0.4) is 0 Å². The molecule has 0 heterocycles. The van der Waals surface area contributed by atoms with Gasteiger partial charge in [-0.2, -0.15) is 0 Å². The largest absolute Gasteiger partial charge is 0.354 e. The van der Waals surface area contributed by atoms with Crippen LogP contribution in [0.5, 0.6) is 0 Å². The molecule has 4 heteroatoms. The molecule has 0 radical (unpaired) electrons. The summed E-state index contributed by atoms with van der Waals surface area (Å²) in [5.74, 6) is 0.0861. The van der Waals surface area contributed by atoms with E-state index in [2.05, 4.69) is 17.0 Å². The molecule has 0 rings (SSSR count). The van der Waals surface area contributed by atoms with Crippen molar-refractivity contribution in [1.29, 1.82) is 0 Å². The van der Waals surface area contributed by atoms with E-state index in [-0.39, 0.29) is 16.1 Å². The molecule has 0 saturated carbocycles. The summed E-state index contributed by atoms with van der Waals surface area (Å²) < 4.78 is -0.00990. The molecule has 1 N–H and O–H groups in total. The van der Waals surface area contributed by atoms with Crippen LogP contribution in [0, 0.1) is 5.41 Å². The molecule has 0 aliphatic carbocycles. The predicted octanol–water partition coefficient (Wildman–Crippen LogP) is 2.51. The van der Waals surface area contributed by atoms with E-state index < -0.39 is 0 Å². The summed E-state index contributed by atoms with van der Waals surface area (Å²) in [5, 5.41) is 2.91. The second-order valence-electron chi connectivity index (χ2n) is 4.78. The molecular formula is C9H19NOS2. The van der Waals surface area contributed by atoms with E-state index in [0.29, 0.717) is 6.54 Å². The molecule has 1 amide bonds. The molecule has 0 aliphatic rings. The molecule has 0 aliphatic heterocycles. The molecule has 0 spiro atoms. The number of nitrogens with one attached hydrogen (secondary N) is 1. The number of amides is 1. The fourth-order valence-electron chi connectivity index (χ4n) is 0.591. The van der Waals surface area contributed by atoms with E-state index >= 15 is 0 Å². The number of carbonyl (C=O) groups is 1. The maximum atomic E-state index is 11.5. The minimum Gasteiger partial charge on any atom is -0.354 e. The van der Waals surface area contributed by atoms with Crippen LogP contribution >= 0.6 is 22.5 Å². The first-order valence-corrected chi connectivity index (χ1v) is 6.17. The van der Waals surface area contributed by atoms with E-state index in [1.54, 1.807) is 0 Å². The summed E-state index contributed by atoms with van der Waals surface area (Å²) in [6.45, 7) is 10.5. The van der Waals surface area contributed by atoms with Gasteiger partial charge in [-0.15, -0.1) is 11.7 Å². The predicted molar refractivity (Wildman–Crippen MR) is 63.1 cm³/mol. The molecule has 0 unspecified atom stereocenters. The number of carbonyl (C=O) groups excluding carboxylic acids is 1. The van der Waals surface area contributed by atoms with Crippen molar-refractivity contribution in [2.75, 3.05) is 6.54 Å². The Balaban J connectivity index is 3.98. The van der Waals surface area contributed by atoms with E-state index in [9.17, 15) is 4.79 Å². The molecule has 78 valence electrons. The van der Waals surface area contributed by atoms with Crippen molar-refractivity contribution in [3.05, 3.63) is 0 Å². The number of thiol groups is 1. The summed E-state index contributed by atoms with van der Waals surface area (Å²) in [5.41, 5.74) is -0.308. The van der Waals surface area contributed by atoms with Gasteiger partial charge in [0.2, 0.25) is 5.91 Å². The van der Waals surface area contributed by atoms with Crippen molar-refractivity contribution in [1.82, 2.24) is 5.32 Å². The average Bonchev–Trinajstić information content (AvgIpc) is 1.98. The van der Waals surface area contributed by atoms with Crippen molar-refractivity contribution in [2.24, 2.45) is 5.41 Å². The van der Waals surface area contributed by atoms with E-state index in [1.807, 2.05) is 34.6 Å². The van der Waals surface area contributed by atoms with Gasteiger partial charge in [0.05, 0.1) is 0 Å². The molecule has 2 nitrogen and oxygen atoms in total. The lowest BCUT2D eigenvalue weighted by Crippen LogP contribution is -2.41. The first-order valence-electron chi connectivity index (χ1n) is 4.30. The van der Waals surface area contributed by atoms with Crippen LogP contribution in [0.2, 0.25) is 0 Å². The van der Waals surface area contributed by atoms with Gasteiger partial charge < -0.3 is 5.32 Å². The zero-order valence-corrected chi connectivity index (χ0v) is 10.7. The fraction of sp³-hybridized carbons (Fsp3) is 0.889. The highest BCUT2D eigenvalue weighted by molar-refractivity contribution is 8.69. The Bertz CT molecular complexity index is 185. The standard InChI is InChI=1S/C9H19NOS2/c1-8(2,3)7(11)10-6-9(4,5)13-12/h12H,6H2,1-5H3,(H,10,11). The number of hydrogen-bond acceptors (Lipinski definition) is 3. The smallest absolute Gasteiger partial charge is 0.225 e. The maximum Gasteiger partial charge on any atom is 0.225 e. The van der Waals surface area contributed by atoms with Gasteiger partial charge in [-0.3, -0.25) is 4.79 Å². The van der Waals surface area contributed by atoms with Crippen molar-refractivity contribution >= 4 is 28.4 Å². The number of hydrogen-bond donors (Lipinski definition) is 2. The summed E-state index contributed by atoms with van der Waals surface area (Å²) >= 11 is 4.14. The Hall–Kier alpha value is 0.170. The zero-order chi connectivity index (χ0) is 10.7. The molecule has 13 heavy (non-hydrogen) atoms. The third-order valence-electron chi connectivity index (χ3n) is 1.60. The highest BCUT2D eigenvalue weighted by atomic mass is 33.1. The van der Waals surface area contributed by atoms with Crippen molar-refractivity contribution in [3.8, 4) is 0 Å². The molecule has 0 aromatic rings. The topological polar surface area (TPSA) is 29.1 Å². The Morgan fingerprint density at radius 3 is 2.08 bits per heavy atom. The van der Waals surface area contributed by atoms with Gasteiger partial charge in [-0.25, -0.2) is 0 Å². The zero-order valence-electron chi connectivity index (χ0n) is 8.97. The fourth-order valence-corrected chi connectivity index (χ4v) is 0.921. The minimum atomic E-state index is -0.308. The van der Waals surface area contributed by atoms with Gasteiger partial charge in [-0.1, -0.05) is 31.6 Å². The minimum absolute atomic E-state index is 0.00990. The Morgan fingerprint density at radius 2 is 1.77 bits per heavy atom. The normalized spacial score (nSPS) is 12.8. The van der Waals surface area contributed by atoms with Crippen molar-refractivity contribution < 1.29 is 4.79 Å². The molecule has 0 fully saturated rings. The van der Waals surface area contributed by atoms with E-state index in [1.165, 1.54) is 10.8 Å². The maximum absolute atomic E-state index is 11.5. The SMILES string of the molecule is CC(C)(CNC(=O)C(C)(C)C)SS. The molecular weight excluding hydrogens is 202 g/mol. The Kier molecular flexibility index (Phi) is 4.66. The molecule has 0 aromatic heterocycles. The highest BCUT2D eigenvalue weighted by Gasteiger charge is 2.24. The molecule has 0 atom stereocenters. The monoisotopic (exact) mass is 221 g/mol. The van der Waals surface area contributed by atoms with Gasteiger partial charge in [-0.05, 0) is 13.8 Å². The first kappa shape index (κ1) is 13.2. The third kappa shape index (κ3) is 5.47. The quantitative estimate of drug-likeness (QED) is 0.566. The third-order valence-corrected chi connectivity index (χ3v) is 3.72. The summed E-state index contributed by atoms with van der Waals surface area (Å²) in [4.78, 5) is 11.5. The average molecular weight is 221 g/mol. The highest BCUT2D eigenvalue weighted by Crippen LogP contribution is 2.26.